The molecule has 0 unspecified atom stereocenters. The van der Waals surface area contributed by atoms with E-state index in [1.54, 1.807) is 6.33 Å². The molecule has 6 rings (SSSR count). The molecule has 0 saturated carbocycles. The van der Waals surface area contributed by atoms with E-state index < -0.39 is 8.07 Å². The molecular weight excluding hydrogens is 825 g/mol. The minimum Gasteiger partial charge on any atom is -0.512 e. The fourth-order valence-electron chi connectivity index (χ4n) is 8.28. The zero-order valence-electron chi connectivity index (χ0n) is 32.8. The normalized spacial score (nSPS) is 15.3. The van der Waals surface area contributed by atoms with Gasteiger partial charge in [0.1, 0.15) is 23.0 Å². The number of allylic oxidation sites excluding steroid dienone is 2. The van der Waals surface area contributed by atoms with Crippen LogP contribution in [0.2, 0.25) is 19.6 Å². The zero-order chi connectivity index (χ0) is 36.8. The van der Waals surface area contributed by atoms with Gasteiger partial charge in [0.15, 0.2) is 5.78 Å². The first-order valence-corrected chi connectivity index (χ1v) is 22.1. The van der Waals surface area contributed by atoms with Crippen molar-refractivity contribution in [3.63, 3.8) is 0 Å². The van der Waals surface area contributed by atoms with Gasteiger partial charge in [0.2, 0.25) is 0 Å². The van der Waals surface area contributed by atoms with Gasteiger partial charge >= 0.3 is 0 Å². The Bertz CT molecular complexity index is 2080. The Labute approximate surface area is 320 Å². The summed E-state index contributed by atoms with van der Waals surface area (Å²) in [5.74, 6) is 0.547. The maximum atomic E-state index is 11.7. The van der Waals surface area contributed by atoms with Crippen LogP contribution in [0.15, 0.2) is 59.0 Å². The van der Waals surface area contributed by atoms with Gasteiger partial charge in [0.25, 0.3) is 0 Å². The summed E-state index contributed by atoms with van der Waals surface area (Å²) in [4.78, 5) is 21.2. The number of ketones is 1. The number of aryl methyl sites for hydroxylation is 1. The number of benzene rings is 3. The predicted octanol–water partition coefficient (Wildman–Crippen LogP) is 11.7. The Morgan fingerprint density at radius 2 is 1.53 bits per heavy atom. The van der Waals surface area contributed by atoms with E-state index >= 15 is 0 Å². The van der Waals surface area contributed by atoms with Crippen LogP contribution in [0.4, 0.5) is 0 Å². The quantitative estimate of drug-likeness (QED) is 0.0691. The number of nitrogens with zero attached hydrogens (tertiary/aromatic N) is 2. The minimum absolute atomic E-state index is 0. The number of rotatable bonds is 9. The molecular formula is C44H57IrN2O3Si-. The minimum atomic E-state index is -1.62. The fraction of sp³-hybridized carbons (Fsp3) is 0.477. The van der Waals surface area contributed by atoms with Gasteiger partial charge in [0, 0.05) is 49.0 Å². The van der Waals surface area contributed by atoms with Gasteiger partial charge in [-0.1, -0.05) is 110 Å². The van der Waals surface area contributed by atoms with E-state index in [9.17, 15) is 9.90 Å². The summed E-state index contributed by atoms with van der Waals surface area (Å²) in [5.41, 5.74) is 8.56. The molecule has 0 amide bonds. The summed E-state index contributed by atoms with van der Waals surface area (Å²) >= 11 is 0. The number of fused-ring (bicyclic) bond motifs is 6. The van der Waals surface area contributed by atoms with Gasteiger partial charge < -0.3 is 9.52 Å². The molecule has 1 aliphatic rings. The Morgan fingerprint density at radius 1 is 0.902 bits per heavy atom. The van der Waals surface area contributed by atoms with Crippen LogP contribution in [0.3, 0.4) is 0 Å². The number of hydrogen-bond acceptors (Lipinski definition) is 5. The molecule has 275 valence electrons. The third-order valence-electron chi connectivity index (χ3n) is 10.9. The Hall–Kier alpha value is -3.12. The van der Waals surface area contributed by atoms with Crippen LogP contribution >= 0.6 is 0 Å². The van der Waals surface area contributed by atoms with Crippen molar-refractivity contribution in [3.05, 3.63) is 77.3 Å². The molecule has 5 nitrogen and oxygen atoms in total. The first-order valence-electron chi connectivity index (χ1n) is 18.6. The number of hydrogen-bond donors (Lipinski definition) is 1. The monoisotopic (exact) mass is 882 g/mol. The van der Waals surface area contributed by atoms with Crippen molar-refractivity contribution in [2.45, 2.75) is 125 Å². The molecule has 0 atom stereocenters. The molecule has 1 N–H and O–H groups in total. The molecule has 0 spiro atoms. The van der Waals surface area contributed by atoms with Gasteiger partial charge in [-0.2, -0.15) is 0 Å². The Kier molecular flexibility index (Phi) is 12.3. The maximum absolute atomic E-state index is 11.7. The summed E-state index contributed by atoms with van der Waals surface area (Å²) < 4.78 is 6.74. The summed E-state index contributed by atoms with van der Waals surface area (Å²) in [5, 5.41) is 14.7. The Balaban J connectivity index is 0.000000312. The van der Waals surface area contributed by atoms with Gasteiger partial charge in [-0.3, -0.25) is 9.78 Å². The van der Waals surface area contributed by atoms with E-state index in [-0.39, 0.29) is 54.3 Å². The summed E-state index contributed by atoms with van der Waals surface area (Å²) in [7, 11) is -1.62. The second-order valence-electron chi connectivity index (χ2n) is 16.7. The second-order valence-corrected chi connectivity index (χ2v) is 21.7. The van der Waals surface area contributed by atoms with Crippen molar-refractivity contribution in [3.8, 4) is 11.3 Å². The predicted molar refractivity (Wildman–Crippen MR) is 213 cm³/mol. The molecule has 3 aromatic carbocycles. The van der Waals surface area contributed by atoms with Gasteiger partial charge in [-0.05, 0) is 61.5 Å². The van der Waals surface area contributed by atoms with E-state index in [2.05, 4.69) is 96.7 Å². The molecule has 0 bridgehead atoms. The number of carbonyl (C=O) groups is 1. The third kappa shape index (κ3) is 7.96. The number of furan rings is 1. The molecule has 7 heteroatoms. The molecule has 0 fully saturated rings. The summed E-state index contributed by atoms with van der Waals surface area (Å²) in [6, 6.07) is 17.2. The average molecular weight is 882 g/mol. The van der Waals surface area contributed by atoms with Crippen LogP contribution in [0, 0.1) is 24.8 Å². The van der Waals surface area contributed by atoms with Crippen LogP contribution in [-0.4, -0.2) is 28.9 Å². The number of aromatic nitrogens is 2. The number of aliphatic hydroxyl groups is 1. The van der Waals surface area contributed by atoms with E-state index in [1.807, 2.05) is 27.7 Å². The van der Waals surface area contributed by atoms with Crippen molar-refractivity contribution < 1.29 is 34.4 Å². The molecule has 0 aliphatic heterocycles. The molecule has 0 saturated heterocycles. The van der Waals surface area contributed by atoms with Crippen LogP contribution in [0.5, 0.6) is 0 Å². The van der Waals surface area contributed by atoms with Crippen molar-refractivity contribution in [2.75, 3.05) is 0 Å². The largest absolute Gasteiger partial charge is 0.512 e. The van der Waals surface area contributed by atoms with Crippen molar-refractivity contribution in [2.24, 2.45) is 11.8 Å². The standard InChI is InChI=1S/C31H33N2OSi.C13H24O2.Ir/c1-18-9-10-21-19(13-18)14-20(15-24(21)35(6,7)8)26-29-27(33-17-32-26)22-11-12-23-25(28(22)34-29)31(4,5)16-30(23,2)3;1-5-10(6-2)12(14)9-13(15)11(7-3)8-4;/h9-13,15,17H,16H2,1-8H3;9-11,14H,5-8H2,1-4H3;/q-1;;/b;12-9-;. The molecule has 5 aromatic rings. The fourth-order valence-corrected chi connectivity index (χ4v) is 9.89. The van der Waals surface area contributed by atoms with Gasteiger partial charge in [-0.25, -0.2) is 4.98 Å². The van der Waals surface area contributed by atoms with Crippen molar-refractivity contribution >= 4 is 51.9 Å². The molecule has 1 aliphatic carbocycles. The van der Waals surface area contributed by atoms with E-state index in [4.69, 9.17) is 14.4 Å². The number of carbonyl (C=O) groups excluding carboxylic acids is 1. The third-order valence-corrected chi connectivity index (χ3v) is 12.9. The number of aliphatic hydroxyl groups excluding tert-OH is 1. The van der Waals surface area contributed by atoms with Crippen LogP contribution in [0.25, 0.3) is 44.1 Å². The van der Waals surface area contributed by atoms with Crippen molar-refractivity contribution in [1.82, 2.24) is 9.97 Å². The van der Waals surface area contributed by atoms with Crippen LogP contribution < -0.4 is 5.19 Å². The first kappa shape index (κ1) is 40.6. The molecule has 2 heterocycles. The topological polar surface area (TPSA) is 76.2 Å². The van der Waals surface area contributed by atoms with Crippen molar-refractivity contribution in [1.29, 1.82) is 0 Å². The Morgan fingerprint density at radius 3 is 2.14 bits per heavy atom. The molecule has 51 heavy (non-hydrogen) atoms. The summed E-state index contributed by atoms with van der Waals surface area (Å²) in [6.45, 7) is 26.7. The zero-order valence-corrected chi connectivity index (χ0v) is 36.2. The van der Waals surface area contributed by atoms with Crippen LogP contribution in [0.1, 0.15) is 104 Å². The van der Waals surface area contributed by atoms with E-state index in [0.717, 1.165) is 70.8 Å². The van der Waals surface area contributed by atoms with Gasteiger partial charge in [0.05, 0.1) is 19.5 Å². The second kappa shape index (κ2) is 15.5. The van der Waals surface area contributed by atoms with Gasteiger partial charge in [-0.15, -0.1) is 28.8 Å². The average Bonchev–Trinajstić information content (AvgIpc) is 3.51. The maximum Gasteiger partial charge on any atom is 0.162 e. The SMILES string of the molecule is CCC(CC)C(=O)/C=C(\O)C(CC)CC.Cc1ccc2c([Si](C)(C)C)cc(-c3ncnc4c3oc3c5c(ccc34)C(C)(C)CC5(C)C)[c-]c2c1.[Ir]. The molecule has 2 aromatic heterocycles. The molecule has 1 radical (unpaired) electrons. The van der Waals surface area contributed by atoms with Crippen LogP contribution in [-0.2, 0) is 35.7 Å². The van der Waals surface area contributed by atoms with E-state index in [0.29, 0.717) is 0 Å². The van der Waals surface area contributed by atoms with E-state index in [1.165, 1.54) is 33.3 Å². The first-order chi connectivity index (χ1) is 23.5. The smallest absolute Gasteiger partial charge is 0.162 e. The summed E-state index contributed by atoms with van der Waals surface area (Å²) in [6.07, 6.45) is 7.68.